The van der Waals surface area contributed by atoms with Crippen LogP contribution in [0.5, 0.6) is 23.0 Å². The molecule has 6 aromatic carbocycles. The fourth-order valence-electron chi connectivity index (χ4n) is 7.36. The topological polar surface area (TPSA) is 51.2 Å². The summed E-state index contributed by atoms with van der Waals surface area (Å²) in [4.78, 5) is 2.57. The molecule has 0 unspecified atom stereocenters. The molecule has 1 N–H and O–H groups in total. The molecule has 5 heteroatoms. The quantitative estimate of drug-likeness (QED) is 0.160. The summed E-state index contributed by atoms with van der Waals surface area (Å²) in [5, 5.41) is 12.8. The second-order valence-electron chi connectivity index (χ2n) is 13.1. The number of phenolic OH excluding ortho intramolecular Hbond substituents is 1. The van der Waals surface area contributed by atoms with E-state index >= 15 is 0 Å². The summed E-state index contributed by atoms with van der Waals surface area (Å²) in [5.74, 6) is 2.43. The van der Waals surface area contributed by atoms with E-state index in [-0.39, 0.29) is 17.8 Å². The number of phenols is 1. The summed E-state index contributed by atoms with van der Waals surface area (Å²) in [6.45, 7) is 8.36. The summed E-state index contributed by atoms with van der Waals surface area (Å²) in [6.07, 6.45) is 0.803. The number of methoxy groups -OCH3 is 1. The van der Waals surface area contributed by atoms with Crippen LogP contribution in [0.2, 0.25) is 0 Å². The minimum atomic E-state index is 0.0614. The lowest BCUT2D eigenvalue weighted by atomic mass is 9.81. The molecule has 49 heavy (non-hydrogen) atoms. The third-order valence-corrected chi connectivity index (χ3v) is 9.75. The SMILES string of the molecule is COc1cc(C)cc2c(-c3c(OCc4ccccc4)cc(OCc4ccccc4)c4c3C[C@@H](C)N(Cc3ccccc3)[C@@H]4C)ccc(O)c12. The van der Waals surface area contributed by atoms with Crippen LogP contribution in [0.15, 0.2) is 121 Å². The van der Waals surface area contributed by atoms with E-state index in [1.165, 1.54) is 16.7 Å². The Labute approximate surface area is 289 Å². The van der Waals surface area contributed by atoms with Gasteiger partial charge in [-0.3, -0.25) is 4.90 Å². The largest absolute Gasteiger partial charge is 0.507 e. The Morgan fingerprint density at radius 2 is 1.29 bits per heavy atom. The molecule has 248 valence electrons. The van der Waals surface area contributed by atoms with Gasteiger partial charge in [0.15, 0.2) is 0 Å². The average molecular weight is 650 g/mol. The third-order valence-electron chi connectivity index (χ3n) is 9.75. The van der Waals surface area contributed by atoms with Crippen molar-refractivity contribution < 1.29 is 19.3 Å². The van der Waals surface area contributed by atoms with E-state index in [1.807, 2.05) is 48.5 Å². The molecule has 0 fully saturated rings. The van der Waals surface area contributed by atoms with Crippen LogP contribution in [-0.4, -0.2) is 23.2 Å². The molecule has 7 rings (SSSR count). The highest BCUT2D eigenvalue weighted by atomic mass is 16.5. The lowest BCUT2D eigenvalue weighted by Gasteiger charge is -2.42. The number of ether oxygens (including phenoxy) is 3. The van der Waals surface area contributed by atoms with Crippen molar-refractivity contribution in [2.45, 2.75) is 59.0 Å². The van der Waals surface area contributed by atoms with Crippen LogP contribution in [0.1, 0.15) is 53.3 Å². The van der Waals surface area contributed by atoms with Crippen LogP contribution in [0.25, 0.3) is 21.9 Å². The van der Waals surface area contributed by atoms with Gasteiger partial charge in [0, 0.05) is 35.8 Å². The van der Waals surface area contributed by atoms with Crippen LogP contribution in [0.4, 0.5) is 0 Å². The molecular formula is C44H43NO4. The van der Waals surface area contributed by atoms with Gasteiger partial charge < -0.3 is 19.3 Å². The zero-order valence-electron chi connectivity index (χ0n) is 28.6. The van der Waals surface area contributed by atoms with Gasteiger partial charge in [0.05, 0.1) is 12.5 Å². The molecule has 6 aromatic rings. The Kier molecular flexibility index (Phi) is 9.28. The molecule has 1 aliphatic heterocycles. The maximum Gasteiger partial charge on any atom is 0.131 e. The first-order valence-corrected chi connectivity index (χ1v) is 17.0. The summed E-state index contributed by atoms with van der Waals surface area (Å²) >= 11 is 0. The van der Waals surface area contributed by atoms with Gasteiger partial charge in [0.2, 0.25) is 0 Å². The van der Waals surface area contributed by atoms with Gasteiger partial charge in [-0.2, -0.15) is 0 Å². The molecule has 0 amide bonds. The molecule has 0 spiro atoms. The van der Waals surface area contributed by atoms with E-state index in [9.17, 15) is 5.11 Å². The zero-order valence-corrected chi connectivity index (χ0v) is 28.6. The van der Waals surface area contributed by atoms with E-state index in [4.69, 9.17) is 14.2 Å². The van der Waals surface area contributed by atoms with Gasteiger partial charge in [0.1, 0.15) is 36.2 Å². The van der Waals surface area contributed by atoms with Gasteiger partial charge in [-0.1, -0.05) is 97.1 Å². The van der Waals surface area contributed by atoms with E-state index in [2.05, 4.69) is 92.4 Å². The lowest BCUT2D eigenvalue weighted by molar-refractivity contribution is 0.125. The Morgan fingerprint density at radius 3 is 1.90 bits per heavy atom. The first-order chi connectivity index (χ1) is 23.9. The predicted molar refractivity (Wildman–Crippen MR) is 197 cm³/mol. The number of benzene rings is 6. The minimum absolute atomic E-state index is 0.0614. The van der Waals surface area contributed by atoms with Crippen LogP contribution >= 0.6 is 0 Å². The van der Waals surface area contributed by atoms with Crippen LogP contribution in [-0.2, 0) is 26.2 Å². The highest BCUT2D eigenvalue weighted by Crippen LogP contribution is 2.51. The van der Waals surface area contributed by atoms with Crippen molar-refractivity contribution in [3.63, 3.8) is 0 Å². The van der Waals surface area contributed by atoms with Crippen molar-refractivity contribution in [3.05, 3.63) is 155 Å². The van der Waals surface area contributed by atoms with Crippen LogP contribution < -0.4 is 14.2 Å². The molecular weight excluding hydrogens is 606 g/mol. The van der Waals surface area contributed by atoms with Gasteiger partial charge in [-0.05, 0) is 84.2 Å². The number of aromatic hydroxyl groups is 1. The molecule has 0 saturated heterocycles. The molecule has 0 bridgehead atoms. The predicted octanol–water partition coefficient (Wildman–Crippen LogP) is 10.2. The Balaban J connectivity index is 1.45. The van der Waals surface area contributed by atoms with Crippen LogP contribution in [0.3, 0.4) is 0 Å². The Hall–Kier alpha value is -5.26. The second-order valence-corrected chi connectivity index (χ2v) is 13.1. The van der Waals surface area contributed by atoms with Crippen molar-refractivity contribution in [2.75, 3.05) is 7.11 Å². The number of hydrogen-bond donors (Lipinski definition) is 1. The Bertz CT molecular complexity index is 2060. The number of hydrogen-bond acceptors (Lipinski definition) is 5. The van der Waals surface area contributed by atoms with Gasteiger partial charge in [0.25, 0.3) is 0 Å². The van der Waals surface area contributed by atoms with Gasteiger partial charge in [-0.25, -0.2) is 0 Å². The standard InChI is InChI=1S/C44H43NO4/c1-29-22-36-35(20-21-38(46)44(36)39(23-29)47-4)43-37-24-30(2)45(26-32-14-8-5-9-15-32)31(3)42(37)40(48-27-33-16-10-6-11-17-33)25-41(43)49-28-34-18-12-7-13-19-34/h5-23,25,30-31,46H,24,26-28H2,1-4H3/t30-,31-/m1/s1. The summed E-state index contributed by atoms with van der Waals surface area (Å²) < 4.78 is 19.4. The van der Waals surface area contributed by atoms with E-state index in [1.54, 1.807) is 13.2 Å². The number of fused-ring (bicyclic) bond motifs is 2. The van der Waals surface area contributed by atoms with Crippen molar-refractivity contribution in [3.8, 4) is 34.1 Å². The van der Waals surface area contributed by atoms with Crippen molar-refractivity contribution in [1.82, 2.24) is 4.90 Å². The van der Waals surface area contributed by atoms with Crippen LogP contribution in [0, 0.1) is 6.92 Å². The molecule has 1 aliphatic rings. The van der Waals surface area contributed by atoms with Crippen molar-refractivity contribution >= 4 is 10.8 Å². The zero-order chi connectivity index (χ0) is 33.9. The van der Waals surface area contributed by atoms with E-state index < -0.39 is 0 Å². The Morgan fingerprint density at radius 1 is 0.694 bits per heavy atom. The molecule has 1 heterocycles. The maximum atomic E-state index is 11.1. The van der Waals surface area contributed by atoms with E-state index in [0.29, 0.717) is 24.3 Å². The second kappa shape index (κ2) is 14.1. The fraction of sp³-hybridized carbons (Fsp3) is 0.227. The molecule has 0 aromatic heterocycles. The molecule has 0 saturated carbocycles. The fourth-order valence-corrected chi connectivity index (χ4v) is 7.36. The molecule has 0 radical (unpaired) electrons. The smallest absolute Gasteiger partial charge is 0.131 e. The minimum Gasteiger partial charge on any atom is -0.507 e. The van der Waals surface area contributed by atoms with Gasteiger partial charge >= 0.3 is 0 Å². The summed E-state index contributed by atoms with van der Waals surface area (Å²) in [7, 11) is 1.65. The molecule has 2 atom stereocenters. The first kappa shape index (κ1) is 32.3. The van der Waals surface area contributed by atoms with Gasteiger partial charge in [-0.15, -0.1) is 0 Å². The monoisotopic (exact) mass is 649 g/mol. The van der Waals surface area contributed by atoms with Crippen molar-refractivity contribution in [1.29, 1.82) is 0 Å². The number of nitrogens with zero attached hydrogens (tertiary/aromatic N) is 1. The number of aryl methyl sites for hydroxylation is 1. The molecule has 5 nitrogen and oxygen atoms in total. The normalized spacial score (nSPS) is 15.9. The summed E-state index contributed by atoms with van der Waals surface area (Å²) in [6, 6.07) is 41.6. The highest BCUT2D eigenvalue weighted by molar-refractivity contribution is 6.05. The maximum absolute atomic E-state index is 11.1. The average Bonchev–Trinajstić information content (AvgIpc) is 3.12. The highest BCUT2D eigenvalue weighted by Gasteiger charge is 2.36. The van der Waals surface area contributed by atoms with Crippen molar-refractivity contribution in [2.24, 2.45) is 0 Å². The molecule has 0 aliphatic carbocycles. The third kappa shape index (κ3) is 6.59. The first-order valence-electron chi connectivity index (χ1n) is 17.0. The number of rotatable bonds is 10. The summed E-state index contributed by atoms with van der Waals surface area (Å²) in [5.41, 5.74) is 8.95. The lowest BCUT2D eigenvalue weighted by Crippen LogP contribution is -2.41. The van der Waals surface area contributed by atoms with E-state index in [0.717, 1.165) is 57.7 Å².